The van der Waals surface area contributed by atoms with Crippen LogP contribution in [0.15, 0.2) is 29.2 Å². The first-order chi connectivity index (χ1) is 8.84. The molecule has 2 atom stereocenters. The Balaban J connectivity index is 1.60. The number of carbonyl (C=O) groups excluding carboxylic acids is 1. The number of fused-ring (bicyclic) bond motifs is 1. The van der Waals surface area contributed by atoms with Gasteiger partial charge in [0.2, 0.25) is 5.91 Å². The number of hydrogen-bond donors (Lipinski definition) is 2. The number of amides is 1. The zero-order valence-electron chi connectivity index (χ0n) is 10.3. The monoisotopic (exact) mass is 262 g/mol. The van der Waals surface area contributed by atoms with Gasteiger partial charge in [0, 0.05) is 23.2 Å². The van der Waals surface area contributed by atoms with Crippen molar-refractivity contribution in [3.05, 3.63) is 29.8 Å². The lowest BCUT2D eigenvalue weighted by atomic mass is 10.0. The van der Waals surface area contributed by atoms with Gasteiger partial charge in [-0.15, -0.1) is 11.8 Å². The van der Waals surface area contributed by atoms with Crippen LogP contribution in [0, 0.1) is 0 Å². The van der Waals surface area contributed by atoms with Crippen LogP contribution in [0.25, 0.3) is 0 Å². The van der Waals surface area contributed by atoms with E-state index in [2.05, 4.69) is 22.8 Å². The Kier molecular flexibility index (Phi) is 3.57. The normalized spacial score (nSPS) is 26.0. The molecule has 96 valence electrons. The molecule has 3 rings (SSSR count). The molecular weight excluding hydrogens is 244 g/mol. The lowest BCUT2D eigenvalue weighted by Crippen LogP contribution is -2.39. The molecule has 2 aliphatic heterocycles. The third-order valence-electron chi connectivity index (χ3n) is 3.70. The van der Waals surface area contributed by atoms with Gasteiger partial charge < -0.3 is 10.6 Å². The Morgan fingerprint density at radius 2 is 2.33 bits per heavy atom. The standard InChI is InChI=1S/C14H18N2OS/c17-14(16-8-10-4-3-7-15-10)12-9-18-13-6-2-1-5-11(12)13/h1-2,5-6,10,12,15H,3-4,7-9H2,(H,16,17). The van der Waals surface area contributed by atoms with E-state index in [1.165, 1.54) is 23.3 Å². The Hall–Kier alpha value is -1.00. The van der Waals surface area contributed by atoms with Gasteiger partial charge in [-0.05, 0) is 31.0 Å². The highest BCUT2D eigenvalue weighted by Gasteiger charge is 2.29. The number of rotatable bonds is 3. The van der Waals surface area contributed by atoms with Crippen LogP contribution in [-0.4, -0.2) is 30.8 Å². The van der Waals surface area contributed by atoms with Gasteiger partial charge in [-0.1, -0.05) is 18.2 Å². The summed E-state index contributed by atoms with van der Waals surface area (Å²) in [6.45, 7) is 1.85. The summed E-state index contributed by atoms with van der Waals surface area (Å²) < 4.78 is 0. The highest BCUT2D eigenvalue weighted by atomic mass is 32.2. The number of thioether (sulfide) groups is 1. The molecular formula is C14H18N2OS. The molecule has 4 heteroatoms. The molecule has 2 N–H and O–H groups in total. The largest absolute Gasteiger partial charge is 0.354 e. The van der Waals surface area contributed by atoms with Crippen LogP contribution in [0.1, 0.15) is 24.3 Å². The topological polar surface area (TPSA) is 41.1 Å². The fourth-order valence-corrected chi connectivity index (χ4v) is 3.89. The van der Waals surface area contributed by atoms with Crippen molar-refractivity contribution in [2.75, 3.05) is 18.8 Å². The van der Waals surface area contributed by atoms with Crippen molar-refractivity contribution in [2.24, 2.45) is 0 Å². The second-order valence-corrected chi connectivity index (χ2v) is 6.00. The summed E-state index contributed by atoms with van der Waals surface area (Å²) in [7, 11) is 0. The van der Waals surface area contributed by atoms with E-state index in [1.807, 2.05) is 12.1 Å². The Morgan fingerprint density at radius 1 is 1.44 bits per heavy atom. The van der Waals surface area contributed by atoms with E-state index in [1.54, 1.807) is 11.8 Å². The van der Waals surface area contributed by atoms with E-state index in [0.29, 0.717) is 6.04 Å². The first kappa shape index (κ1) is 12.1. The van der Waals surface area contributed by atoms with E-state index in [4.69, 9.17) is 0 Å². The second-order valence-electron chi connectivity index (χ2n) is 4.94. The molecule has 0 saturated carbocycles. The van der Waals surface area contributed by atoms with E-state index in [9.17, 15) is 4.79 Å². The Labute approximate surface area is 112 Å². The highest BCUT2D eigenvalue weighted by molar-refractivity contribution is 7.99. The second kappa shape index (κ2) is 5.33. The molecule has 2 aliphatic rings. The molecule has 2 unspecified atom stereocenters. The molecule has 0 bridgehead atoms. The minimum absolute atomic E-state index is 0.0348. The first-order valence-electron chi connectivity index (χ1n) is 6.57. The maximum atomic E-state index is 12.2. The number of benzene rings is 1. The van der Waals surface area contributed by atoms with E-state index in [-0.39, 0.29) is 11.8 Å². The number of hydrogen-bond acceptors (Lipinski definition) is 3. The molecule has 3 nitrogen and oxygen atoms in total. The van der Waals surface area contributed by atoms with Gasteiger partial charge in [0.25, 0.3) is 0 Å². The Bertz CT molecular complexity index is 443. The van der Waals surface area contributed by atoms with Crippen molar-refractivity contribution in [3.8, 4) is 0 Å². The van der Waals surface area contributed by atoms with Gasteiger partial charge in [-0.2, -0.15) is 0 Å². The first-order valence-corrected chi connectivity index (χ1v) is 7.56. The third-order valence-corrected chi connectivity index (χ3v) is 4.88. The predicted molar refractivity (Wildman–Crippen MR) is 73.9 cm³/mol. The maximum Gasteiger partial charge on any atom is 0.228 e. The van der Waals surface area contributed by atoms with Gasteiger partial charge >= 0.3 is 0 Å². The SMILES string of the molecule is O=C(NCC1CCCN1)C1CSc2ccccc21. The van der Waals surface area contributed by atoms with E-state index >= 15 is 0 Å². The number of carbonyl (C=O) groups is 1. The van der Waals surface area contributed by atoms with Crippen LogP contribution in [0.2, 0.25) is 0 Å². The Morgan fingerprint density at radius 3 is 3.17 bits per heavy atom. The summed E-state index contributed by atoms with van der Waals surface area (Å²) in [4.78, 5) is 13.5. The zero-order chi connectivity index (χ0) is 12.4. The quantitative estimate of drug-likeness (QED) is 0.872. The molecule has 1 fully saturated rings. The van der Waals surface area contributed by atoms with Crippen molar-refractivity contribution < 1.29 is 4.79 Å². The van der Waals surface area contributed by atoms with Gasteiger partial charge in [0.05, 0.1) is 5.92 Å². The van der Waals surface area contributed by atoms with Crippen molar-refractivity contribution in [1.29, 1.82) is 0 Å². The highest BCUT2D eigenvalue weighted by Crippen LogP contribution is 2.39. The smallest absolute Gasteiger partial charge is 0.228 e. The van der Waals surface area contributed by atoms with E-state index < -0.39 is 0 Å². The van der Waals surface area contributed by atoms with Crippen LogP contribution >= 0.6 is 11.8 Å². The fraction of sp³-hybridized carbons (Fsp3) is 0.500. The fourth-order valence-electron chi connectivity index (χ4n) is 2.66. The molecule has 0 spiro atoms. The van der Waals surface area contributed by atoms with Crippen molar-refractivity contribution in [3.63, 3.8) is 0 Å². The summed E-state index contributed by atoms with van der Waals surface area (Å²) in [6, 6.07) is 8.70. The van der Waals surface area contributed by atoms with Gasteiger partial charge in [-0.3, -0.25) is 4.79 Å². The summed E-state index contributed by atoms with van der Waals surface area (Å²) in [5.74, 6) is 1.09. The molecule has 2 heterocycles. The summed E-state index contributed by atoms with van der Waals surface area (Å²) in [6.07, 6.45) is 2.40. The van der Waals surface area contributed by atoms with Crippen molar-refractivity contribution >= 4 is 17.7 Å². The van der Waals surface area contributed by atoms with Crippen LogP contribution in [-0.2, 0) is 4.79 Å². The average molecular weight is 262 g/mol. The van der Waals surface area contributed by atoms with Gasteiger partial charge in [0.15, 0.2) is 0 Å². The predicted octanol–water partition coefficient (Wildman–Crippen LogP) is 1.74. The van der Waals surface area contributed by atoms with Gasteiger partial charge in [0.1, 0.15) is 0 Å². The van der Waals surface area contributed by atoms with E-state index in [0.717, 1.165) is 18.8 Å². The number of nitrogens with one attached hydrogen (secondary N) is 2. The third kappa shape index (κ3) is 2.40. The lowest BCUT2D eigenvalue weighted by Gasteiger charge is -2.15. The molecule has 0 aromatic heterocycles. The molecule has 1 saturated heterocycles. The van der Waals surface area contributed by atoms with Crippen molar-refractivity contribution in [2.45, 2.75) is 29.7 Å². The maximum absolute atomic E-state index is 12.2. The van der Waals surface area contributed by atoms with Crippen molar-refractivity contribution in [1.82, 2.24) is 10.6 Å². The summed E-state index contributed by atoms with van der Waals surface area (Å²) in [5, 5.41) is 6.49. The molecule has 1 aromatic carbocycles. The lowest BCUT2D eigenvalue weighted by molar-refractivity contribution is -0.122. The van der Waals surface area contributed by atoms with Crippen LogP contribution in [0.5, 0.6) is 0 Å². The minimum Gasteiger partial charge on any atom is -0.354 e. The minimum atomic E-state index is 0.0348. The molecule has 1 aromatic rings. The van der Waals surface area contributed by atoms with Gasteiger partial charge in [-0.25, -0.2) is 0 Å². The summed E-state index contributed by atoms with van der Waals surface area (Å²) >= 11 is 1.79. The van der Waals surface area contributed by atoms with Crippen LogP contribution in [0.3, 0.4) is 0 Å². The zero-order valence-corrected chi connectivity index (χ0v) is 11.1. The molecule has 0 radical (unpaired) electrons. The summed E-state index contributed by atoms with van der Waals surface area (Å²) in [5.41, 5.74) is 1.19. The van der Waals surface area contributed by atoms with Crippen LogP contribution in [0.4, 0.5) is 0 Å². The molecule has 0 aliphatic carbocycles. The molecule has 1 amide bonds. The average Bonchev–Trinajstić information content (AvgIpc) is 3.05. The van der Waals surface area contributed by atoms with Crippen LogP contribution < -0.4 is 10.6 Å². The molecule has 18 heavy (non-hydrogen) atoms.